The van der Waals surface area contributed by atoms with Crippen LogP contribution >= 0.6 is 0 Å². The van der Waals surface area contributed by atoms with Crippen molar-refractivity contribution in [2.75, 3.05) is 6.79 Å². The molecule has 0 radical (unpaired) electrons. The summed E-state index contributed by atoms with van der Waals surface area (Å²) in [7, 11) is 0. The quantitative estimate of drug-likeness (QED) is 0.618. The van der Waals surface area contributed by atoms with Crippen LogP contribution in [0.4, 0.5) is 0 Å². The van der Waals surface area contributed by atoms with E-state index in [4.69, 9.17) is 9.47 Å². The number of ether oxygens (including phenoxy) is 2. The lowest BCUT2D eigenvalue weighted by Crippen LogP contribution is -1.88. The highest BCUT2D eigenvalue weighted by Gasteiger charge is 2.15. The Kier molecular flexibility index (Phi) is 2.36. The van der Waals surface area contributed by atoms with Crippen molar-refractivity contribution in [3.05, 3.63) is 36.3 Å². The molecule has 1 heterocycles. The first-order chi connectivity index (χ1) is 5.29. The van der Waals surface area contributed by atoms with E-state index in [0.717, 1.165) is 17.8 Å². The lowest BCUT2D eigenvalue weighted by molar-refractivity contribution is 0.0765. The molecule has 0 atom stereocenters. The summed E-state index contributed by atoms with van der Waals surface area (Å²) in [6, 6.07) is 0. The van der Waals surface area contributed by atoms with E-state index in [1.54, 1.807) is 6.08 Å². The second kappa shape index (κ2) is 3.28. The van der Waals surface area contributed by atoms with Gasteiger partial charge in [0, 0.05) is 0 Å². The summed E-state index contributed by atoms with van der Waals surface area (Å²) < 4.78 is 10.3. The average Bonchev–Trinajstić information content (AvgIpc) is 2.50. The van der Waals surface area contributed by atoms with Crippen LogP contribution in [-0.2, 0) is 9.47 Å². The molecule has 0 saturated carbocycles. The molecular weight excluding hydrogens is 140 g/mol. The van der Waals surface area contributed by atoms with Gasteiger partial charge in [0.1, 0.15) is 0 Å². The fraction of sp³-hybridized carbons (Fsp3) is 0.333. The van der Waals surface area contributed by atoms with Gasteiger partial charge in [-0.15, -0.1) is 0 Å². The maximum Gasteiger partial charge on any atom is 0.231 e. The van der Waals surface area contributed by atoms with Gasteiger partial charge in [-0.2, -0.15) is 0 Å². The Bertz CT molecular complexity index is 214. The Balaban J connectivity index is 2.82. The summed E-state index contributed by atoms with van der Waals surface area (Å²) in [5, 5.41) is 0. The van der Waals surface area contributed by atoms with Crippen molar-refractivity contribution in [2.45, 2.75) is 13.3 Å². The number of rotatable bonds is 3. The average molecular weight is 152 g/mol. The van der Waals surface area contributed by atoms with E-state index < -0.39 is 0 Å². The zero-order valence-corrected chi connectivity index (χ0v) is 6.72. The Hall–Kier alpha value is -1.18. The standard InChI is InChI=1S/C9H12O2/c1-4-7(3)9-8(5-2)10-6-11-9/h5H,2-4,6H2,1H3. The molecule has 0 aromatic carbocycles. The minimum Gasteiger partial charge on any atom is -0.454 e. The zero-order chi connectivity index (χ0) is 8.27. The molecule has 0 aromatic rings. The third-order valence-electron chi connectivity index (χ3n) is 1.57. The van der Waals surface area contributed by atoms with E-state index in [-0.39, 0.29) is 6.79 Å². The molecule has 0 aromatic heterocycles. The van der Waals surface area contributed by atoms with Gasteiger partial charge in [-0.1, -0.05) is 20.1 Å². The van der Waals surface area contributed by atoms with Gasteiger partial charge < -0.3 is 9.47 Å². The Labute approximate surface area is 66.8 Å². The van der Waals surface area contributed by atoms with Crippen LogP contribution in [0.5, 0.6) is 0 Å². The van der Waals surface area contributed by atoms with Crippen molar-refractivity contribution in [3.63, 3.8) is 0 Å². The molecule has 1 rings (SSSR count). The van der Waals surface area contributed by atoms with E-state index >= 15 is 0 Å². The lowest BCUT2D eigenvalue weighted by Gasteiger charge is -2.01. The molecule has 60 valence electrons. The van der Waals surface area contributed by atoms with E-state index in [1.807, 2.05) is 6.92 Å². The van der Waals surface area contributed by atoms with Crippen molar-refractivity contribution in [2.24, 2.45) is 0 Å². The van der Waals surface area contributed by atoms with Gasteiger partial charge in [0.05, 0.1) is 0 Å². The molecule has 2 heteroatoms. The fourth-order valence-electron chi connectivity index (χ4n) is 0.877. The van der Waals surface area contributed by atoms with Crippen molar-refractivity contribution in [1.29, 1.82) is 0 Å². The predicted molar refractivity (Wildman–Crippen MR) is 43.7 cm³/mol. The van der Waals surface area contributed by atoms with E-state index in [2.05, 4.69) is 13.2 Å². The van der Waals surface area contributed by atoms with Gasteiger partial charge in [0.2, 0.25) is 6.79 Å². The second-order valence-electron chi connectivity index (χ2n) is 2.26. The molecular formula is C9H12O2. The smallest absolute Gasteiger partial charge is 0.231 e. The first-order valence-corrected chi connectivity index (χ1v) is 3.60. The monoisotopic (exact) mass is 152 g/mol. The van der Waals surface area contributed by atoms with Gasteiger partial charge in [0.15, 0.2) is 11.5 Å². The summed E-state index contributed by atoms with van der Waals surface area (Å²) in [6.07, 6.45) is 2.51. The van der Waals surface area contributed by atoms with Gasteiger partial charge in [-0.05, 0) is 18.1 Å². The maximum absolute atomic E-state index is 5.20. The van der Waals surface area contributed by atoms with Gasteiger partial charge in [-0.25, -0.2) is 0 Å². The minimum absolute atomic E-state index is 0.287. The summed E-state index contributed by atoms with van der Waals surface area (Å²) in [4.78, 5) is 0. The fourth-order valence-corrected chi connectivity index (χ4v) is 0.877. The van der Waals surface area contributed by atoms with E-state index in [0.29, 0.717) is 5.76 Å². The Morgan fingerprint density at radius 2 is 2.36 bits per heavy atom. The first kappa shape index (κ1) is 7.92. The molecule has 0 spiro atoms. The maximum atomic E-state index is 5.20. The van der Waals surface area contributed by atoms with E-state index in [9.17, 15) is 0 Å². The third kappa shape index (κ3) is 1.45. The van der Waals surface area contributed by atoms with Gasteiger partial charge in [0.25, 0.3) is 0 Å². The molecule has 2 nitrogen and oxygen atoms in total. The van der Waals surface area contributed by atoms with E-state index in [1.165, 1.54) is 0 Å². The van der Waals surface area contributed by atoms with Crippen LogP contribution in [0, 0.1) is 0 Å². The molecule has 0 aliphatic carbocycles. The second-order valence-corrected chi connectivity index (χ2v) is 2.26. The zero-order valence-electron chi connectivity index (χ0n) is 6.72. The SMILES string of the molecule is C=CC1=C(C(=C)CC)OCO1. The molecule has 1 aliphatic heterocycles. The largest absolute Gasteiger partial charge is 0.454 e. The molecule has 1 aliphatic rings. The number of hydrogen-bond donors (Lipinski definition) is 0. The van der Waals surface area contributed by atoms with Crippen molar-refractivity contribution >= 4 is 0 Å². The van der Waals surface area contributed by atoms with Crippen molar-refractivity contribution < 1.29 is 9.47 Å². The predicted octanol–water partition coefficient (Wildman–Crippen LogP) is 2.35. The lowest BCUT2D eigenvalue weighted by atomic mass is 10.2. The van der Waals surface area contributed by atoms with Crippen LogP contribution in [0.15, 0.2) is 36.3 Å². The summed E-state index contributed by atoms with van der Waals surface area (Å²) in [5.74, 6) is 1.46. The molecule has 0 N–H and O–H groups in total. The third-order valence-corrected chi connectivity index (χ3v) is 1.57. The normalized spacial score (nSPS) is 15.7. The summed E-state index contributed by atoms with van der Waals surface area (Å²) in [5.41, 5.74) is 0.956. The highest BCUT2D eigenvalue weighted by molar-refractivity contribution is 5.31. The first-order valence-electron chi connectivity index (χ1n) is 3.60. The van der Waals surface area contributed by atoms with Crippen LogP contribution in [0.2, 0.25) is 0 Å². The van der Waals surface area contributed by atoms with Crippen LogP contribution in [-0.4, -0.2) is 6.79 Å². The topological polar surface area (TPSA) is 18.5 Å². The minimum atomic E-state index is 0.287. The van der Waals surface area contributed by atoms with Crippen LogP contribution in [0.25, 0.3) is 0 Å². The summed E-state index contributed by atoms with van der Waals surface area (Å²) in [6.45, 7) is 9.76. The highest BCUT2D eigenvalue weighted by atomic mass is 16.7. The Morgan fingerprint density at radius 1 is 1.64 bits per heavy atom. The molecule has 0 bridgehead atoms. The summed E-state index contributed by atoms with van der Waals surface area (Å²) >= 11 is 0. The molecule has 0 fully saturated rings. The van der Waals surface area contributed by atoms with Gasteiger partial charge >= 0.3 is 0 Å². The number of hydrogen-bond acceptors (Lipinski definition) is 2. The van der Waals surface area contributed by atoms with Crippen LogP contribution in [0.3, 0.4) is 0 Å². The number of allylic oxidation sites excluding steroid dienone is 2. The van der Waals surface area contributed by atoms with Gasteiger partial charge in [-0.3, -0.25) is 0 Å². The molecule has 0 saturated heterocycles. The Morgan fingerprint density at radius 3 is 2.91 bits per heavy atom. The van der Waals surface area contributed by atoms with Crippen LogP contribution < -0.4 is 0 Å². The molecule has 0 amide bonds. The highest BCUT2D eigenvalue weighted by Crippen LogP contribution is 2.24. The molecule has 11 heavy (non-hydrogen) atoms. The van der Waals surface area contributed by atoms with Crippen LogP contribution in [0.1, 0.15) is 13.3 Å². The molecule has 0 unspecified atom stereocenters. The van der Waals surface area contributed by atoms with Crippen molar-refractivity contribution in [3.8, 4) is 0 Å². The van der Waals surface area contributed by atoms with Crippen molar-refractivity contribution in [1.82, 2.24) is 0 Å².